The van der Waals surface area contributed by atoms with Crippen LogP contribution in [0, 0.1) is 0 Å². The van der Waals surface area contributed by atoms with Gasteiger partial charge in [0.2, 0.25) is 10.0 Å². The van der Waals surface area contributed by atoms with Gasteiger partial charge in [0, 0.05) is 30.5 Å². The lowest BCUT2D eigenvalue weighted by Crippen LogP contribution is -2.30. The quantitative estimate of drug-likeness (QED) is 0.479. The van der Waals surface area contributed by atoms with Crippen molar-refractivity contribution in [2.75, 3.05) is 25.0 Å². The van der Waals surface area contributed by atoms with E-state index in [1.807, 2.05) is 12.1 Å². The molecule has 0 fully saturated rings. The highest BCUT2D eigenvalue weighted by Gasteiger charge is 2.23. The van der Waals surface area contributed by atoms with Crippen molar-refractivity contribution in [2.45, 2.75) is 44.4 Å². The number of furan rings is 1. The summed E-state index contributed by atoms with van der Waals surface area (Å²) in [6, 6.07) is 9.81. The first kappa shape index (κ1) is 23.6. The van der Waals surface area contributed by atoms with Crippen LogP contribution in [0.15, 0.2) is 45.7 Å². The minimum atomic E-state index is -3.67. The molecule has 4 rings (SSSR count). The maximum absolute atomic E-state index is 12.8. The Hall–Kier alpha value is -2.55. The fourth-order valence-corrected chi connectivity index (χ4v) is 5.79. The van der Waals surface area contributed by atoms with E-state index in [1.165, 1.54) is 28.1 Å². The molecule has 0 unspecified atom stereocenters. The summed E-state index contributed by atoms with van der Waals surface area (Å²) in [6.45, 7) is 4.00. The number of anilines is 1. The van der Waals surface area contributed by atoms with Crippen molar-refractivity contribution in [1.29, 1.82) is 0 Å². The minimum absolute atomic E-state index is 0.0713. The van der Waals surface area contributed by atoms with Gasteiger partial charge in [0.1, 0.15) is 17.1 Å². The average molecular weight is 491 g/mol. The molecule has 33 heavy (non-hydrogen) atoms. The summed E-state index contributed by atoms with van der Waals surface area (Å²) in [5.41, 5.74) is 2.28. The van der Waals surface area contributed by atoms with Crippen LogP contribution < -0.4 is 10.1 Å². The number of hydrogen-bond donors (Lipinski definition) is 1. The number of halogens is 1. The second kappa shape index (κ2) is 9.75. The number of carbonyl (C=O) groups is 1. The SMILES string of the molecule is CCN(CC)S(=O)(=O)c1ccc(Cl)c(NC(=O)COc2ccc3oc4c(c3c2)CCCC4)c1. The standard InChI is InChI=1S/C24H27ClN2O5S/c1-3-27(4-2)33(29,30)17-10-11-20(25)21(14-17)26-24(28)15-31-16-9-12-23-19(13-16)18-7-5-6-8-22(18)32-23/h9-14H,3-8,15H2,1-2H3,(H,26,28). The van der Waals surface area contributed by atoms with Crippen LogP contribution in [0.3, 0.4) is 0 Å². The van der Waals surface area contributed by atoms with E-state index >= 15 is 0 Å². The van der Waals surface area contributed by atoms with E-state index in [1.54, 1.807) is 19.9 Å². The highest BCUT2D eigenvalue weighted by atomic mass is 35.5. The number of ether oxygens (including phenoxy) is 1. The van der Waals surface area contributed by atoms with Crippen molar-refractivity contribution in [3.63, 3.8) is 0 Å². The number of nitrogens with one attached hydrogen (secondary N) is 1. The molecule has 0 spiro atoms. The Labute approximate surface area is 198 Å². The molecule has 1 heterocycles. The van der Waals surface area contributed by atoms with E-state index < -0.39 is 15.9 Å². The Bertz CT molecular complexity index is 1280. The third-order valence-corrected chi connectivity index (χ3v) is 8.23. The van der Waals surface area contributed by atoms with Crippen LogP contribution in [-0.2, 0) is 27.7 Å². The Morgan fingerprint density at radius 3 is 2.64 bits per heavy atom. The van der Waals surface area contributed by atoms with Crippen LogP contribution in [-0.4, -0.2) is 38.3 Å². The number of sulfonamides is 1. The molecule has 9 heteroatoms. The van der Waals surface area contributed by atoms with Crippen molar-refractivity contribution >= 4 is 44.2 Å². The largest absolute Gasteiger partial charge is 0.484 e. The first-order chi connectivity index (χ1) is 15.8. The Morgan fingerprint density at radius 2 is 1.88 bits per heavy atom. The lowest BCUT2D eigenvalue weighted by atomic mass is 9.96. The highest BCUT2D eigenvalue weighted by Crippen LogP contribution is 2.34. The van der Waals surface area contributed by atoms with Crippen LogP contribution in [0.2, 0.25) is 5.02 Å². The Balaban J connectivity index is 1.46. The smallest absolute Gasteiger partial charge is 0.262 e. The average Bonchev–Trinajstić information content (AvgIpc) is 3.17. The van der Waals surface area contributed by atoms with Crippen molar-refractivity contribution < 1.29 is 22.4 Å². The van der Waals surface area contributed by atoms with Crippen LogP contribution in [0.4, 0.5) is 5.69 Å². The summed E-state index contributed by atoms with van der Waals surface area (Å²) in [4.78, 5) is 12.6. The number of aryl methyl sites for hydroxylation is 2. The summed E-state index contributed by atoms with van der Waals surface area (Å²) in [7, 11) is -3.67. The molecule has 1 aliphatic rings. The van der Waals surface area contributed by atoms with Gasteiger partial charge in [0.15, 0.2) is 6.61 Å². The monoisotopic (exact) mass is 490 g/mol. The number of fused-ring (bicyclic) bond motifs is 3. The minimum Gasteiger partial charge on any atom is -0.484 e. The van der Waals surface area contributed by atoms with Gasteiger partial charge < -0.3 is 14.5 Å². The van der Waals surface area contributed by atoms with Crippen molar-refractivity contribution in [3.05, 3.63) is 52.7 Å². The van der Waals surface area contributed by atoms with Crippen LogP contribution in [0.1, 0.15) is 38.0 Å². The van der Waals surface area contributed by atoms with Crippen LogP contribution >= 0.6 is 11.6 Å². The molecular formula is C24H27ClN2O5S. The Morgan fingerprint density at radius 1 is 1.12 bits per heavy atom. The fraction of sp³-hybridized carbons (Fsp3) is 0.375. The van der Waals surface area contributed by atoms with E-state index in [0.29, 0.717) is 18.8 Å². The maximum atomic E-state index is 12.8. The molecule has 0 bridgehead atoms. The summed E-state index contributed by atoms with van der Waals surface area (Å²) in [6.07, 6.45) is 4.21. The molecule has 1 aromatic heterocycles. The van der Waals surface area contributed by atoms with E-state index in [9.17, 15) is 13.2 Å². The zero-order chi connectivity index (χ0) is 23.6. The molecule has 0 saturated carbocycles. The molecule has 1 N–H and O–H groups in total. The Kier molecular flexibility index (Phi) is 6.97. The highest BCUT2D eigenvalue weighted by molar-refractivity contribution is 7.89. The van der Waals surface area contributed by atoms with Crippen molar-refractivity contribution in [1.82, 2.24) is 4.31 Å². The normalized spacial score (nSPS) is 13.8. The van der Waals surface area contributed by atoms with Gasteiger partial charge in [-0.15, -0.1) is 0 Å². The van der Waals surface area contributed by atoms with Gasteiger partial charge in [-0.3, -0.25) is 4.79 Å². The molecular weight excluding hydrogens is 464 g/mol. The zero-order valence-corrected chi connectivity index (χ0v) is 20.3. The van der Waals surface area contributed by atoms with Gasteiger partial charge in [0.05, 0.1) is 15.6 Å². The van der Waals surface area contributed by atoms with E-state index in [4.69, 9.17) is 20.8 Å². The first-order valence-electron chi connectivity index (χ1n) is 11.1. The number of carbonyl (C=O) groups excluding carboxylic acids is 1. The fourth-order valence-electron chi connectivity index (χ4n) is 4.14. The van der Waals surface area contributed by atoms with E-state index in [-0.39, 0.29) is 22.2 Å². The molecule has 176 valence electrons. The van der Waals surface area contributed by atoms with E-state index in [0.717, 1.165) is 42.4 Å². The number of rotatable bonds is 8. The third-order valence-electron chi connectivity index (χ3n) is 5.85. The van der Waals surface area contributed by atoms with Crippen LogP contribution in [0.25, 0.3) is 11.0 Å². The van der Waals surface area contributed by atoms with Gasteiger partial charge in [-0.2, -0.15) is 4.31 Å². The summed E-state index contributed by atoms with van der Waals surface area (Å²) in [5, 5.41) is 3.92. The van der Waals surface area contributed by atoms with Crippen molar-refractivity contribution in [2.24, 2.45) is 0 Å². The summed E-state index contributed by atoms with van der Waals surface area (Å²) >= 11 is 6.20. The lowest BCUT2D eigenvalue weighted by Gasteiger charge is -2.19. The molecule has 0 radical (unpaired) electrons. The number of amides is 1. The van der Waals surface area contributed by atoms with Gasteiger partial charge in [-0.05, 0) is 55.7 Å². The number of hydrogen-bond acceptors (Lipinski definition) is 5. The van der Waals surface area contributed by atoms with Crippen molar-refractivity contribution in [3.8, 4) is 5.75 Å². The van der Waals surface area contributed by atoms with E-state index in [2.05, 4.69) is 5.32 Å². The predicted octanol–water partition coefficient (Wildman–Crippen LogP) is 5.01. The lowest BCUT2D eigenvalue weighted by molar-refractivity contribution is -0.118. The molecule has 3 aromatic rings. The third kappa shape index (κ3) is 4.88. The summed E-state index contributed by atoms with van der Waals surface area (Å²) in [5.74, 6) is 1.17. The second-order valence-corrected chi connectivity index (χ2v) is 10.3. The number of nitrogens with zero attached hydrogens (tertiary/aromatic N) is 1. The second-order valence-electron chi connectivity index (χ2n) is 7.94. The van der Waals surface area contributed by atoms with Gasteiger partial charge in [-0.1, -0.05) is 25.4 Å². The van der Waals surface area contributed by atoms with Gasteiger partial charge in [0.25, 0.3) is 5.91 Å². The molecule has 1 aliphatic carbocycles. The van der Waals surface area contributed by atoms with Gasteiger partial charge >= 0.3 is 0 Å². The maximum Gasteiger partial charge on any atom is 0.262 e. The molecule has 1 amide bonds. The molecule has 0 aliphatic heterocycles. The summed E-state index contributed by atoms with van der Waals surface area (Å²) < 4.78 is 38.5. The molecule has 2 aromatic carbocycles. The van der Waals surface area contributed by atoms with Gasteiger partial charge in [-0.25, -0.2) is 8.42 Å². The molecule has 7 nitrogen and oxygen atoms in total. The van der Waals surface area contributed by atoms with Crippen LogP contribution in [0.5, 0.6) is 5.75 Å². The zero-order valence-electron chi connectivity index (χ0n) is 18.7. The molecule has 0 saturated heterocycles. The molecule has 0 atom stereocenters. The predicted molar refractivity (Wildman–Crippen MR) is 129 cm³/mol. The topological polar surface area (TPSA) is 88.9 Å². The first-order valence-corrected chi connectivity index (χ1v) is 12.9. The number of benzene rings is 2.